The second-order valence-electron chi connectivity index (χ2n) is 13.8. The molecule has 0 aromatic heterocycles. The minimum Gasteiger partial charge on any atom is -0.417 e. The molecule has 5 atom stereocenters. The van der Waals surface area contributed by atoms with Gasteiger partial charge in [0.15, 0.2) is 8.32 Å². The van der Waals surface area contributed by atoms with Crippen LogP contribution >= 0.6 is 0 Å². The van der Waals surface area contributed by atoms with Crippen molar-refractivity contribution in [1.29, 1.82) is 0 Å². The maximum atomic E-state index is 12.7. The molecule has 0 aliphatic carbocycles. The fraction of sp³-hybridized carbons (Fsp3) is 0.514. The molecule has 258 valence electrons. The van der Waals surface area contributed by atoms with E-state index in [2.05, 4.69) is 33.9 Å². The molecule has 1 aliphatic heterocycles. The maximum absolute atomic E-state index is 12.7. The number of rotatable bonds is 17. The van der Waals surface area contributed by atoms with Crippen molar-refractivity contribution >= 4 is 18.4 Å². The third kappa shape index (κ3) is 11.9. The molecule has 0 saturated carbocycles. The summed E-state index contributed by atoms with van der Waals surface area (Å²) in [6, 6.07) is 29.6. The van der Waals surface area contributed by atoms with Crippen molar-refractivity contribution in [2.24, 2.45) is 0 Å². The van der Waals surface area contributed by atoms with Crippen LogP contribution in [0.25, 0.3) is 0 Å². The van der Waals surface area contributed by atoms with Gasteiger partial charge in [-0.1, -0.05) is 112 Å². The summed E-state index contributed by atoms with van der Waals surface area (Å²) < 4.78 is 63.7. The van der Waals surface area contributed by atoms with E-state index in [4.69, 9.17) is 27.6 Å². The molecular formula is C37H52O8SSi. The fourth-order valence-electron chi connectivity index (χ4n) is 5.30. The molecule has 3 aromatic carbocycles. The Morgan fingerprint density at radius 2 is 1.19 bits per heavy atom. The predicted molar refractivity (Wildman–Crippen MR) is 187 cm³/mol. The molecule has 1 heterocycles. The molecule has 0 N–H and O–H groups in total. The van der Waals surface area contributed by atoms with Crippen molar-refractivity contribution in [3.05, 3.63) is 108 Å². The van der Waals surface area contributed by atoms with Gasteiger partial charge >= 0.3 is 0 Å². The van der Waals surface area contributed by atoms with Crippen LogP contribution in [0.5, 0.6) is 0 Å². The molecule has 0 bridgehead atoms. The van der Waals surface area contributed by atoms with Gasteiger partial charge in [-0.15, -0.1) is 0 Å². The van der Waals surface area contributed by atoms with Crippen LogP contribution < -0.4 is 0 Å². The highest BCUT2D eigenvalue weighted by Crippen LogP contribution is 2.37. The first-order chi connectivity index (χ1) is 22.3. The van der Waals surface area contributed by atoms with Crippen molar-refractivity contribution in [1.82, 2.24) is 0 Å². The Labute approximate surface area is 282 Å². The van der Waals surface area contributed by atoms with Crippen LogP contribution in [-0.4, -0.2) is 66.7 Å². The van der Waals surface area contributed by atoms with Gasteiger partial charge in [-0.2, -0.15) is 8.42 Å². The highest BCUT2D eigenvalue weighted by Gasteiger charge is 2.49. The third-order valence-electron chi connectivity index (χ3n) is 8.88. The molecule has 0 unspecified atom stereocenters. The molecular weight excluding hydrogens is 633 g/mol. The summed E-state index contributed by atoms with van der Waals surface area (Å²) in [6.45, 7) is 12.8. The average Bonchev–Trinajstić information content (AvgIpc) is 3.03. The molecule has 1 fully saturated rings. The van der Waals surface area contributed by atoms with E-state index < -0.39 is 49.0 Å². The molecule has 0 amide bonds. The molecule has 4 rings (SSSR count). The first-order valence-electron chi connectivity index (χ1n) is 16.4. The van der Waals surface area contributed by atoms with Gasteiger partial charge in [0.25, 0.3) is 10.1 Å². The summed E-state index contributed by atoms with van der Waals surface area (Å²) in [7, 11) is -5.84. The van der Waals surface area contributed by atoms with E-state index in [1.165, 1.54) is 0 Å². The number of ether oxygens (including phenoxy) is 4. The van der Waals surface area contributed by atoms with Gasteiger partial charge in [0.2, 0.25) is 0 Å². The van der Waals surface area contributed by atoms with Crippen LogP contribution in [0, 0.1) is 0 Å². The summed E-state index contributed by atoms with van der Waals surface area (Å²) in [5.41, 5.74) is 2.97. The first kappa shape index (κ1) is 37.4. The Bertz CT molecular complexity index is 1430. The number of benzene rings is 3. The van der Waals surface area contributed by atoms with E-state index in [1.807, 2.05) is 91.0 Å². The van der Waals surface area contributed by atoms with Crippen LogP contribution in [0.2, 0.25) is 18.1 Å². The summed E-state index contributed by atoms with van der Waals surface area (Å²) in [5.74, 6) is 0. The lowest BCUT2D eigenvalue weighted by Gasteiger charge is -2.46. The van der Waals surface area contributed by atoms with Gasteiger partial charge in [0.1, 0.15) is 24.4 Å². The lowest BCUT2D eigenvalue weighted by molar-refractivity contribution is -0.256. The fourth-order valence-corrected chi connectivity index (χ4v) is 7.02. The van der Waals surface area contributed by atoms with E-state index in [0.717, 1.165) is 22.9 Å². The van der Waals surface area contributed by atoms with Crippen LogP contribution in [0.3, 0.4) is 0 Å². The van der Waals surface area contributed by atoms with E-state index in [0.29, 0.717) is 26.1 Å². The van der Waals surface area contributed by atoms with Crippen LogP contribution in [0.1, 0.15) is 50.3 Å². The van der Waals surface area contributed by atoms with Crippen molar-refractivity contribution in [2.75, 3.05) is 19.5 Å². The zero-order valence-electron chi connectivity index (χ0n) is 28.7. The van der Waals surface area contributed by atoms with E-state index in [9.17, 15) is 8.42 Å². The Morgan fingerprint density at radius 1 is 0.702 bits per heavy atom. The average molecular weight is 685 g/mol. The third-order valence-corrected chi connectivity index (χ3v) is 14.0. The van der Waals surface area contributed by atoms with Crippen molar-refractivity contribution < 1.29 is 36.0 Å². The van der Waals surface area contributed by atoms with Gasteiger partial charge in [-0.05, 0) is 47.7 Å². The molecule has 47 heavy (non-hydrogen) atoms. The van der Waals surface area contributed by atoms with Gasteiger partial charge in [-0.3, -0.25) is 4.18 Å². The quantitative estimate of drug-likeness (QED) is 0.0833. The first-order valence-corrected chi connectivity index (χ1v) is 21.2. The summed E-state index contributed by atoms with van der Waals surface area (Å²) in [5, 5.41) is 0.0805. The highest BCUT2D eigenvalue weighted by atomic mass is 32.2. The normalized spacial score (nSPS) is 22.3. The monoisotopic (exact) mass is 684 g/mol. The summed E-state index contributed by atoms with van der Waals surface area (Å²) in [4.78, 5) is 0. The van der Waals surface area contributed by atoms with Gasteiger partial charge in [-0.25, -0.2) is 0 Å². The summed E-state index contributed by atoms with van der Waals surface area (Å²) in [6.07, 6.45) is -1.29. The largest absolute Gasteiger partial charge is 0.417 e. The summed E-state index contributed by atoms with van der Waals surface area (Å²) >= 11 is 0. The van der Waals surface area contributed by atoms with Crippen LogP contribution in [-0.2, 0) is 57.5 Å². The standard InChI is InChI=1S/C37H52O8SSi/c1-37(2,3)47(5,6)43-24-16-23-32-35(45-46(4,38)39)36(42-27-31-21-14-9-15-22-31)34(41-26-30-19-12-8-13-20-30)33(44-32)28-40-25-29-17-10-7-11-18-29/h7-15,17-22,32-36H,16,23-28H2,1-6H3/t32-,33+,34+,35-,36-/m0/s1. The second-order valence-corrected chi connectivity index (χ2v) is 20.2. The Kier molecular flexibility index (Phi) is 13.8. The molecule has 10 heteroatoms. The SMILES string of the molecule is CC(C)(C)[Si](C)(C)OCCC[C@@H]1O[C@H](COCc2ccccc2)[C@@H](OCc2ccccc2)[C@H](OCc2ccccc2)[C@H]1OS(C)(=O)=O. The van der Waals surface area contributed by atoms with Crippen molar-refractivity contribution in [3.8, 4) is 0 Å². The molecule has 3 aromatic rings. The Balaban J connectivity index is 1.61. The lowest BCUT2D eigenvalue weighted by Crippen LogP contribution is -2.61. The highest BCUT2D eigenvalue weighted by molar-refractivity contribution is 7.86. The molecule has 8 nitrogen and oxygen atoms in total. The number of hydrogen-bond donors (Lipinski definition) is 0. The lowest BCUT2D eigenvalue weighted by atomic mass is 9.92. The topological polar surface area (TPSA) is 89.5 Å². The van der Waals surface area contributed by atoms with Crippen LogP contribution in [0.4, 0.5) is 0 Å². The van der Waals surface area contributed by atoms with E-state index >= 15 is 0 Å². The van der Waals surface area contributed by atoms with Gasteiger partial charge in [0, 0.05) is 6.61 Å². The van der Waals surface area contributed by atoms with E-state index in [-0.39, 0.29) is 24.9 Å². The Hall–Kier alpha value is -2.41. The molecule has 0 spiro atoms. The minimum absolute atomic E-state index is 0.0805. The zero-order chi connectivity index (χ0) is 33.9. The van der Waals surface area contributed by atoms with Crippen molar-refractivity contribution in [2.45, 2.75) is 102 Å². The van der Waals surface area contributed by atoms with Crippen LogP contribution in [0.15, 0.2) is 91.0 Å². The molecule has 0 radical (unpaired) electrons. The maximum Gasteiger partial charge on any atom is 0.264 e. The second kappa shape index (κ2) is 17.3. The molecule has 1 saturated heterocycles. The minimum atomic E-state index is -3.88. The predicted octanol–water partition coefficient (Wildman–Crippen LogP) is 7.29. The zero-order valence-corrected chi connectivity index (χ0v) is 30.5. The molecule has 1 aliphatic rings. The Morgan fingerprint density at radius 3 is 1.68 bits per heavy atom. The van der Waals surface area contributed by atoms with E-state index in [1.54, 1.807) is 0 Å². The number of hydrogen-bond acceptors (Lipinski definition) is 8. The van der Waals surface area contributed by atoms with Gasteiger partial charge < -0.3 is 23.4 Å². The van der Waals surface area contributed by atoms with Crippen molar-refractivity contribution in [3.63, 3.8) is 0 Å². The smallest absolute Gasteiger partial charge is 0.264 e. The van der Waals surface area contributed by atoms with Gasteiger partial charge in [0.05, 0.1) is 38.8 Å².